The van der Waals surface area contributed by atoms with Gasteiger partial charge in [0, 0.05) is 13.0 Å². The molecule has 0 saturated carbocycles. The van der Waals surface area contributed by atoms with Gasteiger partial charge in [0.1, 0.15) is 0 Å². The van der Waals surface area contributed by atoms with Gasteiger partial charge >= 0.3 is 5.97 Å². The Morgan fingerprint density at radius 3 is 2.31 bits per heavy atom. The molecule has 0 aliphatic rings. The molecule has 0 aliphatic carbocycles. The van der Waals surface area contributed by atoms with E-state index in [2.05, 4.69) is 25.7 Å². The molecule has 0 spiro atoms. The first-order valence-electron chi connectivity index (χ1n) is 6.62. The maximum Gasteiger partial charge on any atom is 0.305 e. The van der Waals surface area contributed by atoms with Gasteiger partial charge in [-0.3, -0.25) is 4.79 Å². The highest BCUT2D eigenvalue weighted by Crippen LogP contribution is 2.01. The zero-order valence-corrected chi connectivity index (χ0v) is 11.1. The van der Waals surface area contributed by atoms with Crippen molar-refractivity contribution in [1.82, 2.24) is 4.90 Å². The van der Waals surface area contributed by atoms with Crippen molar-refractivity contribution < 1.29 is 9.53 Å². The van der Waals surface area contributed by atoms with Crippen molar-refractivity contribution in [3.8, 4) is 0 Å². The lowest BCUT2D eigenvalue weighted by Gasteiger charge is -2.17. The van der Waals surface area contributed by atoms with Crippen molar-refractivity contribution in [2.45, 2.75) is 52.9 Å². The molecule has 96 valence electrons. The van der Waals surface area contributed by atoms with Crippen LogP contribution in [0.3, 0.4) is 0 Å². The molecule has 0 N–H and O–H groups in total. The molecule has 0 rings (SSSR count). The van der Waals surface area contributed by atoms with Gasteiger partial charge < -0.3 is 9.64 Å². The van der Waals surface area contributed by atoms with Gasteiger partial charge in [0.15, 0.2) is 0 Å². The summed E-state index contributed by atoms with van der Waals surface area (Å²) in [6.45, 7) is 10.2. The van der Waals surface area contributed by atoms with Crippen LogP contribution in [0.1, 0.15) is 52.9 Å². The smallest absolute Gasteiger partial charge is 0.305 e. The predicted molar refractivity (Wildman–Crippen MR) is 67.5 cm³/mol. The van der Waals surface area contributed by atoms with Crippen molar-refractivity contribution in [1.29, 1.82) is 0 Å². The number of nitrogens with zero attached hydrogens (tertiary/aromatic N) is 1. The van der Waals surface area contributed by atoms with Crippen LogP contribution in [-0.4, -0.2) is 37.1 Å². The fraction of sp³-hybridized carbons (Fsp3) is 0.923. The first-order chi connectivity index (χ1) is 7.74. The Morgan fingerprint density at radius 2 is 1.75 bits per heavy atom. The fourth-order valence-electron chi connectivity index (χ4n) is 1.61. The maximum absolute atomic E-state index is 11.3. The second-order valence-corrected chi connectivity index (χ2v) is 4.06. The molecule has 0 fully saturated rings. The molecule has 0 aromatic heterocycles. The topological polar surface area (TPSA) is 29.5 Å². The van der Waals surface area contributed by atoms with Gasteiger partial charge in [-0.1, -0.05) is 33.6 Å². The SMILES string of the molecule is CCCCCC(=O)OCCCN(CC)CC. The highest BCUT2D eigenvalue weighted by Gasteiger charge is 2.03. The van der Waals surface area contributed by atoms with E-state index in [4.69, 9.17) is 4.74 Å². The van der Waals surface area contributed by atoms with E-state index in [1.54, 1.807) is 0 Å². The summed E-state index contributed by atoms with van der Waals surface area (Å²) < 4.78 is 5.16. The van der Waals surface area contributed by atoms with Gasteiger partial charge in [-0.2, -0.15) is 0 Å². The lowest BCUT2D eigenvalue weighted by molar-refractivity contribution is -0.143. The van der Waals surface area contributed by atoms with E-state index in [1.807, 2.05) is 0 Å². The van der Waals surface area contributed by atoms with Crippen molar-refractivity contribution >= 4 is 5.97 Å². The van der Waals surface area contributed by atoms with E-state index in [0.29, 0.717) is 13.0 Å². The van der Waals surface area contributed by atoms with Gasteiger partial charge in [0.25, 0.3) is 0 Å². The minimum atomic E-state index is -0.0343. The Morgan fingerprint density at radius 1 is 1.06 bits per heavy atom. The summed E-state index contributed by atoms with van der Waals surface area (Å²) in [5, 5.41) is 0. The zero-order valence-electron chi connectivity index (χ0n) is 11.1. The number of rotatable bonds is 10. The summed E-state index contributed by atoms with van der Waals surface area (Å²) in [5.74, 6) is -0.0343. The zero-order chi connectivity index (χ0) is 12.2. The number of esters is 1. The molecule has 3 nitrogen and oxygen atoms in total. The lowest BCUT2D eigenvalue weighted by Crippen LogP contribution is -2.25. The summed E-state index contributed by atoms with van der Waals surface area (Å²) >= 11 is 0. The number of hydrogen-bond donors (Lipinski definition) is 0. The van der Waals surface area contributed by atoms with Crippen LogP contribution in [0.25, 0.3) is 0 Å². The number of carbonyl (C=O) groups excluding carboxylic acids is 1. The molecule has 0 aromatic carbocycles. The molecule has 0 amide bonds. The average Bonchev–Trinajstić information content (AvgIpc) is 2.30. The van der Waals surface area contributed by atoms with Crippen LogP contribution >= 0.6 is 0 Å². The first-order valence-corrected chi connectivity index (χ1v) is 6.62. The normalized spacial score (nSPS) is 10.8. The van der Waals surface area contributed by atoms with E-state index < -0.39 is 0 Å². The maximum atomic E-state index is 11.3. The molecular weight excluding hydrogens is 202 g/mol. The highest BCUT2D eigenvalue weighted by atomic mass is 16.5. The monoisotopic (exact) mass is 229 g/mol. The largest absolute Gasteiger partial charge is 0.466 e. The van der Waals surface area contributed by atoms with E-state index in [-0.39, 0.29) is 5.97 Å². The summed E-state index contributed by atoms with van der Waals surface area (Å²) in [6.07, 6.45) is 4.76. The molecule has 0 aliphatic heterocycles. The Kier molecular flexibility index (Phi) is 10.5. The molecule has 0 unspecified atom stereocenters. The van der Waals surface area contributed by atoms with Crippen molar-refractivity contribution in [3.05, 3.63) is 0 Å². The number of unbranched alkanes of at least 4 members (excludes halogenated alkanes) is 2. The second-order valence-electron chi connectivity index (χ2n) is 4.06. The molecular formula is C13H27NO2. The predicted octanol–water partition coefficient (Wildman–Crippen LogP) is 2.84. The summed E-state index contributed by atoms with van der Waals surface area (Å²) in [4.78, 5) is 13.6. The molecule has 0 heterocycles. The molecule has 3 heteroatoms. The average molecular weight is 229 g/mol. The van der Waals surface area contributed by atoms with E-state index >= 15 is 0 Å². The van der Waals surface area contributed by atoms with Crippen molar-refractivity contribution in [2.24, 2.45) is 0 Å². The van der Waals surface area contributed by atoms with Crippen LogP contribution < -0.4 is 0 Å². The molecule has 0 radical (unpaired) electrons. The van der Waals surface area contributed by atoms with Crippen molar-refractivity contribution in [2.75, 3.05) is 26.2 Å². The molecule has 0 bridgehead atoms. The third-order valence-electron chi connectivity index (χ3n) is 2.76. The van der Waals surface area contributed by atoms with Crippen LogP contribution in [0.2, 0.25) is 0 Å². The Labute approximate surface area is 100 Å². The summed E-state index contributed by atoms with van der Waals surface area (Å²) in [5.41, 5.74) is 0. The summed E-state index contributed by atoms with van der Waals surface area (Å²) in [7, 11) is 0. The van der Waals surface area contributed by atoms with Crippen LogP contribution in [0.5, 0.6) is 0 Å². The van der Waals surface area contributed by atoms with Crippen LogP contribution in [-0.2, 0) is 9.53 Å². The fourth-order valence-corrected chi connectivity index (χ4v) is 1.61. The minimum absolute atomic E-state index is 0.0343. The van der Waals surface area contributed by atoms with Gasteiger partial charge in [-0.25, -0.2) is 0 Å². The third-order valence-corrected chi connectivity index (χ3v) is 2.76. The molecule has 0 aromatic rings. The van der Waals surface area contributed by atoms with Gasteiger partial charge in [-0.15, -0.1) is 0 Å². The highest BCUT2D eigenvalue weighted by molar-refractivity contribution is 5.69. The summed E-state index contributed by atoms with van der Waals surface area (Å²) in [6, 6.07) is 0. The van der Waals surface area contributed by atoms with Gasteiger partial charge in [0.2, 0.25) is 0 Å². The molecule has 16 heavy (non-hydrogen) atoms. The van der Waals surface area contributed by atoms with Crippen LogP contribution in [0, 0.1) is 0 Å². The number of carbonyl (C=O) groups is 1. The minimum Gasteiger partial charge on any atom is -0.466 e. The molecule has 0 saturated heterocycles. The van der Waals surface area contributed by atoms with Crippen molar-refractivity contribution in [3.63, 3.8) is 0 Å². The Hall–Kier alpha value is -0.570. The Balaban J connectivity index is 3.33. The first kappa shape index (κ1) is 15.4. The molecule has 0 atom stereocenters. The second kappa shape index (κ2) is 10.9. The van der Waals surface area contributed by atoms with Gasteiger partial charge in [0.05, 0.1) is 6.61 Å². The van der Waals surface area contributed by atoms with Gasteiger partial charge in [-0.05, 0) is 25.9 Å². The quantitative estimate of drug-likeness (QED) is 0.426. The van der Waals surface area contributed by atoms with Crippen LogP contribution in [0.4, 0.5) is 0 Å². The number of ether oxygens (including phenoxy) is 1. The third kappa shape index (κ3) is 8.72. The van der Waals surface area contributed by atoms with E-state index in [9.17, 15) is 4.79 Å². The van der Waals surface area contributed by atoms with Crippen LogP contribution in [0.15, 0.2) is 0 Å². The lowest BCUT2D eigenvalue weighted by atomic mass is 10.2. The standard InChI is InChI=1S/C13H27NO2/c1-4-7-8-10-13(15)16-12-9-11-14(5-2)6-3/h4-12H2,1-3H3. The Bertz CT molecular complexity index is 167. The number of hydrogen-bond acceptors (Lipinski definition) is 3. The van der Waals surface area contributed by atoms with E-state index in [0.717, 1.165) is 45.3 Å². The van der Waals surface area contributed by atoms with E-state index in [1.165, 1.54) is 0 Å².